The van der Waals surface area contributed by atoms with Gasteiger partial charge in [-0.25, -0.2) is 0 Å². The van der Waals surface area contributed by atoms with E-state index in [1.807, 2.05) is 64.1 Å². The molecule has 6 nitrogen and oxygen atoms in total. The molecule has 1 aliphatic heterocycles. The van der Waals surface area contributed by atoms with E-state index in [-0.39, 0.29) is 30.2 Å². The van der Waals surface area contributed by atoms with Crippen molar-refractivity contribution in [1.29, 1.82) is 0 Å². The minimum absolute atomic E-state index is 0.0650. The van der Waals surface area contributed by atoms with Crippen LogP contribution in [0.1, 0.15) is 39.2 Å². The van der Waals surface area contributed by atoms with Crippen LogP contribution >= 0.6 is 0 Å². The van der Waals surface area contributed by atoms with E-state index in [1.165, 1.54) is 0 Å². The Kier molecular flexibility index (Phi) is 5.82. The molecule has 0 saturated carbocycles. The second-order valence-electron chi connectivity index (χ2n) is 9.17. The molecule has 29 heavy (non-hydrogen) atoms. The molecule has 1 aromatic carbocycles. The minimum Gasteiger partial charge on any atom is -0.350 e. The predicted molar refractivity (Wildman–Crippen MR) is 113 cm³/mol. The highest BCUT2D eigenvalue weighted by molar-refractivity contribution is 6.05. The molecule has 3 atom stereocenters. The Morgan fingerprint density at radius 3 is 2.10 bits per heavy atom. The van der Waals surface area contributed by atoms with E-state index in [0.29, 0.717) is 18.5 Å². The zero-order chi connectivity index (χ0) is 21.3. The van der Waals surface area contributed by atoms with E-state index in [9.17, 15) is 14.4 Å². The molecule has 1 N–H and O–H groups in total. The highest BCUT2D eigenvalue weighted by atomic mass is 16.2. The van der Waals surface area contributed by atoms with E-state index < -0.39 is 17.5 Å². The lowest BCUT2D eigenvalue weighted by atomic mass is 9.80. The van der Waals surface area contributed by atoms with Crippen LogP contribution in [-0.4, -0.2) is 47.8 Å². The van der Waals surface area contributed by atoms with Gasteiger partial charge >= 0.3 is 0 Å². The Morgan fingerprint density at radius 1 is 1.00 bits per heavy atom. The van der Waals surface area contributed by atoms with Crippen molar-refractivity contribution in [2.24, 2.45) is 11.8 Å². The Bertz CT molecular complexity index is 823. The number of nitrogens with zero attached hydrogens (tertiary/aromatic N) is 2. The number of fused-ring (bicyclic) bond motifs is 1. The van der Waals surface area contributed by atoms with Gasteiger partial charge in [-0.1, -0.05) is 29.8 Å². The molecule has 3 amide bonds. The van der Waals surface area contributed by atoms with E-state index in [1.54, 1.807) is 16.8 Å². The largest absolute Gasteiger partial charge is 0.350 e. The molecule has 3 unspecified atom stereocenters. The molecule has 1 saturated heterocycles. The molecule has 3 rings (SSSR count). The van der Waals surface area contributed by atoms with Crippen molar-refractivity contribution in [2.45, 2.75) is 52.1 Å². The first-order valence-electron chi connectivity index (χ1n) is 10.2. The molecule has 2 aliphatic rings. The molecular formula is C23H31N3O3. The fraction of sp³-hybridized carbons (Fsp3) is 0.522. The molecule has 6 heteroatoms. The Balaban J connectivity index is 2.08. The summed E-state index contributed by atoms with van der Waals surface area (Å²) in [6.45, 7) is 7.86. The number of carbonyl (C=O) groups excluding carboxylic acids is 3. The molecule has 0 bridgehead atoms. The van der Waals surface area contributed by atoms with Gasteiger partial charge in [-0.3, -0.25) is 19.3 Å². The average Bonchev–Trinajstić information content (AvgIpc) is 2.66. The van der Waals surface area contributed by atoms with Crippen molar-refractivity contribution in [3.63, 3.8) is 0 Å². The van der Waals surface area contributed by atoms with Gasteiger partial charge in [-0.15, -0.1) is 0 Å². The fourth-order valence-electron chi connectivity index (χ4n) is 4.07. The topological polar surface area (TPSA) is 69.7 Å². The lowest BCUT2D eigenvalue weighted by Gasteiger charge is -2.42. The molecule has 1 heterocycles. The van der Waals surface area contributed by atoms with Crippen molar-refractivity contribution >= 4 is 23.4 Å². The molecule has 1 aliphatic carbocycles. The Labute approximate surface area is 172 Å². The summed E-state index contributed by atoms with van der Waals surface area (Å²) in [7, 11) is 1.72. The molecule has 0 radical (unpaired) electrons. The summed E-state index contributed by atoms with van der Waals surface area (Å²) < 4.78 is 0. The van der Waals surface area contributed by atoms with Gasteiger partial charge in [0.1, 0.15) is 6.04 Å². The van der Waals surface area contributed by atoms with Gasteiger partial charge in [0.15, 0.2) is 0 Å². The fourth-order valence-corrected chi connectivity index (χ4v) is 4.07. The minimum atomic E-state index is -0.787. The summed E-state index contributed by atoms with van der Waals surface area (Å²) in [5.74, 6) is -1.31. The van der Waals surface area contributed by atoms with Gasteiger partial charge in [0.2, 0.25) is 17.7 Å². The maximum absolute atomic E-state index is 13.7. The number of hydrogen-bond acceptors (Lipinski definition) is 3. The van der Waals surface area contributed by atoms with E-state index in [4.69, 9.17) is 0 Å². The van der Waals surface area contributed by atoms with Gasteiger partial charge in [0.25, 0.3) is 0 Å². The van der Waals surface area contributed by atoms with Crippen LogP contribution in [-0.2, 0) is 14.4 Å². The summed E-state index contributed by atoms with van der Waals surface area (Å²) in [6, 6.07) is 6.84. The number of aryl methyl sites for hydroxylation is 1. The molecule has 0 aromatic heterocycles. The lowest BCUT2D eigenvalue weighted by molar-refractivity contribution is -0.144. The van der Waals surface area contributed by atoms with Crippen molar-refractivity contribution in [3.8, 4) is 0 Å². The lowest BCUT2D eigenvalue weighted by Crippen LogP contribution is -2.62. The molecule has 1 aromatic rings. The maximum atomic E-state index is 13.7. The van der Waals surface area contributed by atoms with Crippen LogP contribution in [0.4, 0.5) is 5.69 Å². The first-order chi connectivity index (χ1) is 13.6. The van der Waals surface area contributed by atoms with Crippen LogP contribution in [0.2, 0.25) is 0 Å². The molecule has 1 fully saturated rings. The monoisotopic (exact) mass is 397 g/mol. The SMILES string of the molecule is Cc1ccc(N2C(=O)C3CC=CCC3C(=O)N(C)CC2C(=O)NC(C)(C)C)cc1. The smallest absolute Gasteiger partial charge is 0.245 e. The third-order valence-corrected chi connectivity index (χ3v) is 5.55. The average molecular weight is 398 g/mol. The summed E-state index contributed by atoms with van der Waals surface area (Å²) in [5.41, 5.74) is 1.32. The van der Waals surface area contributed by atoms with Gasteiger partial charge in [-0.2, -0.15) is 0 Å². The van der Waals surface area contributed by atoms with Gasteiger partial charge in [0, 0.05) is 18.3 Å². The second-order valence-corrected chi connectivity index (χ2v) is 9.17. The van der Waals surface area contributed by atoms with E-state index in [0.717, 1.165) is 5.56 Å². The third-order valence-electron chi connectivity index (χ3n) is 5.55. The van der Waals surface area contributed by atoms with Crippen LogP contribution in [0.5, 0.6) is 0 Å². The van der Waals surface area contributed by atoms with Gasteiger partial charge < -0.3 is 10.2 Å². The number of carbonyl (C=O) groups is 3. The number of allylic oxidation sites excluding steroid dienone is 2. The number of hydrogen-bond donors (Lipinski definition) is 1. The molecule has 0 spiro atoms. The number of likely N-dealkylation sites (N-methyl/N-ethyl adjacent to an activating group) is 1. The van der Waals surface area contributed by atoms with Crippen molar-refractivity contribution in [1.82, 2.24) is 10.2 Å². The quantitative estimate of drug-likeness (QED) is 0.780. The van der Waals surface area contributed by atoms with Crippen molar-refractivity contribution in [3.05, 3.63) is 42.0 Å². The number of nitrogens with one attached hydrogen (secondary N) is 1. The zero-order valence-corrected chi connectivity index (χ0v) is 17.9. The number of benzene rings is 1. The summed E-state index contributed by atoms with van der Waals surface area (Å²) >= 11 is 0. The van der Waals surface area contributed by atoms with Crippen molar-refractivity contribution < 1.29 is 14.4 Å². The summed E-state index contributed by atoms with van der Waals surface area (Å²) in [5, 5.41) is 2.99. The number of rotatable bonds is 2. The zero-order valence-electron chi connectivity index (χ0n) is 17.9. The Morgan fingerprint density at radius 2 is 1.55 bits per heavy atom. The normalized spacial score (nSPS) is 25.3. The van der Waals surface area contributed by atoms with E-state index >= 15 is 0 Å². The van der Waals surface area contributed by atoms with Crippen LogP contribution < -0.4 is 10.2 Å². The first-order valence-corrected chi connectivity index (χ1v) is 10.2. The van der Waals surface area contributed by atoms with E-state index in [2.05, 4.69) is 5.32 Å². The molecule has 156 valence electrons. The Hall–Kier alpha value is -2.63. The van der Waals surface area contributed by atoms with Gasteiger partial charge in [0.05, 0.1) is 18.4 Å². The predicted octanol–water partition coefficient (Wildman–Crippen LogP) is 2.67. The summed E-state index contributed by atoms with van der Waals surface area (Å²) in [6.07, 6.45) is 5.01. The second kappa shape index (κ2) is 8.01. The maximum Gasteiger partial charge on any atom is 0.245 e. The number of amides is 3. The van der Waals surface area contributed by atoms with Crippen LogP contribution in [0, 0.1) is 18.8 Å². The van der Waals surface area contributed by atoms with Crippen LogP contribution in [0.15, 0.2) is 36.4 Å². The highest BCUT2D eigenvalue weighted by Crippen LogP contribution is 2.34. The standard InChI is InChI=1S/C23H31N3O3/c1-15-10-12-16(13-11-15)26-19(20(27)24-23(2,3)4)14-25(5)21(28)17-8-6-7-9-18(17)22(26)29/h6-7,10-13,17-19H,8-9,14H2,1-5H3,(H,24,27). The van der Waals surface area contributed by atoms with Gasteiger partial charge in [-0.05, 0) is 52.7 Å². The van der Waals surface area contributed by atoms with Crippen LogP contribution in [0.25, 0.3) is 0 Å². The number of anilines is 1. The third kappa shape index (κ3) is 4.52. The molecular weight excluding hydrogens is 366 g/mol. The van der Waals surface area contributed by atoms with Crippen LogP contribution in [0.3, 0.4) is 0 Å². The summed E-state index contributed by atoms with van der Waals surface area (Å²) in [4.78, 5) is 43.2. The van der Waals surface area contributed by atoms with Crippen molar-refractivity contribution in [2.75, 3.05) is 18.5 Å². The first kappa shape index (κ1) is 21.1. The highest BCUT2D eigenvalue weighted by Gasteiger charge is 2.45.